The number of carbonyl (C=O) groups is 2. The predicted octanol–water partition coefficient (Wildman–Crippen LogP) is 2.31. The molecule has 0 bridgehead atoms. The fraction of sp³-hybridized carbons (Fsp3) is 0.733. The molecule has 0 aliphatic carbocycles. The predicted molar refractivity (Wildman–Crippen MR) is 90.1 cm³/mol. The van der Waals surface area contributed by atoms with Crippen LogP contribution in [0.4, 0.5) is 4.79 Å². The Morgan fingerprint density at radius 1 is 1.05 bits per heavy atom. The van der Waals surface area contributed by atoms with E-state index in [9.17, 15) is 9.59 Å². The monoisotopic (exact) mass is 332 g/mol. The molecule has 0 fully saturated rings. The van der Waals surface area contributed by atoms with E-state index in [0.29, 0.717) is 18.8 Å². The van der Waals surface area contributed by atoms with Gasteiger partial charge in [-0.1, -0.05) is 6.58 Å². The van der Waals surface area contributed by atoms with Crippen molar-refractivity contribution in [2.45, 2.75) is 39.0 Å². The summed E-state index contributed by atoms with van der Waals surface area (Å²) in [6, 6.07) is 1.26. The van der Waals surface area contributed by atoms with Crippen molar-refractivity contribution in [2.75, 3.05) is 33.0 Å². The van der Waals surface area contributed by atoms with Gasteiger partial charge in [0.05, 0.1) is 0 Å². The first kappa shape index (κ1) is 20.7. The normalized spacial score (nSPS) is 11.6. The second kappa shape index (κ2) is 11.3. The van der Waals surface area contributed by atoms with Crippen LogP contribution >= 0.6 is 0 Å². The third-order valence-corrected chi connectivity index (χ3v) is 4.91. The van der Waals surface area contributed by atoms with E-state index < -0.39 is 20.1 Å². The Morgan fingerprint density at radius 3 is 2.32 bits per heavy atom. The van der Waals surface area contributed by atoms with E-state index in [1.165, 1.54) is 6.04 Å². The van der Waals surface area contributed by atoms with Gasteiger partial charge in [0, 0.05) is 5.57 Å². The van der Waals surface area contributed by atoms with E-state index in [0.717, 1.165) is 6.42 Å². The van der Waals surface area contributed by atoms with Crippen LogP contribution in [0.2, 0.25) is 25.7 Å². The minimum absolute atomic E-state index is 0.0920. The SMILES string of the molecule is C=C(C)C(=O)OCCNC(=O)OCCOCCC[SiH-](C)(C)C. The molecule has 0 radical (unpaired) electrons. The van der Waals surface area contributed by atoms with Crippen molar-refractivity contribution in [3.63, 3.8) is 0 Å². The van der Waals surface area contributed by atoms with Gasteiger partial charge >= 0.3 is 110 Å². The zero-order valence-corrected chi connectivity index (χ0v) is 15.4. The summed E-state index contributed by atoms with van der Waals surface area (Å²) >= 11 is 0. The van der Waals surface area contributed by atoms with Crippen molar-refractivity contribution in [3.8, 4) is 0 Å². The number of amides is 1. The molecule has 0 spiro atoms. The van der Waals surface area contributed by atoms with Crippen molar-refractivity contribution in [3.05, 3.63) is 12.2 Å². The van der Waals surface area contributed by atoms with Crippen LogP contribution in [0.1, 0.15) is 13.3 Å². The molecular formula is C15H30NO5Si-. The molecule has 6 nitrogen and oxygen atoms in total. The summed E-state index contributed by atoms with van der Waals surface area (Å²) in [7, 11) is -1.26. The third kappa shape index (κ3) is 13.6. The molecule has 22 heavy (non-hydrogen) atoms. The second-order valence-corrected chi connectivity index (χ2v) is 13.2. The first-order valence-electron chi connectivity index (χ1n) is 7.82. The molecule has 0 aromatic carbocycles. The van der Waals surface area contributed by atoms with Crippen LogP contribution in [0.15, 0.2) is 12.2 Å². The van der Waals surface area contributed by atoms with Crippen LogP contribution < -0.4 is 5.32 Å². The molecular weight excluding hydrogens is 302 g/mol. The van der Waals surface area contributed by atoms with Crippen molar-refractivity contribution in [2.24, 2.45) is 0 Å². The van der Waals surface area contributed by atoms with Crippen molar-refractivity contribution >= 4 is 20.1 Å². The number of hydrogen-bond acceptors (Lipinski definition) is 5. The number of hydrogen-bond donors (Lipinski definition) is 1. The maximum absolute atomic E-state index is 11.3. The summed E-state index contributed by atoms with van der Waals surface area (Å²) in [4.78, 5) is 22.4. The zero-order valence-electron chi connectivity index (χ0n) is 14.3. The Labute approximate surface area is 134 Å². The molecule has 7 heteroatoms. The van der Waals surface area contributed by atoms with Gasteiger partial charge in [-0.15, -0.1) is 0 Å². The molecule has 0 saturated heterocycles. The van der Waals surface area contributed by atoms with Gasteiger partial charge in [0.15, 0.2) is 0 Å². The van der Waals surface area contributed by atoms with E-state index in [4.69, 9.17) is 14.2 Å². The third-order valence-electron chi connectivity index (χ3n) is 2.77. The van der Waals surface area contributed by atoms with Gasteiger partial charge in [-0.05, 0) is 6.92 Å². The number of nitrogens with one attached hydrogen (secondary N) is 1. The molecule has 0 atom stereocenters. The van der Waals surface area contributed by atoms with Crippen molar-refractivity contribution < 1.29 is 23.8 Å². The Kier molecular flexibility index (Phi) is 10.6. The average molecular weight is 332 g/mol. The summed E-state index contributed by atoms with van der Waals surface area (Å²) < 4.78 is 15.1. The summed E-state index contributed by atoms with van der Waals surface area (Å²) in [6.07, 6.45) is 0.521. The van der Waals surface area contributed by atoms with Crippen LogP contribution in [0, 0.1) is 0 Å². The Bertz CT molecular complexity index is 365. The molecule has 0 aromatic heterocycles. The number of carbonyl (C=O) groups excluding carboxylic acids is 2. The number of ether oxygens (including phenoxy) is 3. The zero-order chi connectivity index (χ0) is 17.0. The van der Waals surface area contributed by atoms with Gasteiger partial charge < -0.3 is 0 Å². The number of esters is 1. The fourth-order valence-corrected chi connectivity index (χ4v) is 2.96. The van der Waals surface area contributed by atoms with Gasteiger partial charge in [0.1, 0.15) is 0 Å². The summed E-state index contributed by atoms with van der Waals surface area (Å²) in [6.45, 7) is 13.7. The fourth-order valence-electron chi connectivity index (χ4n) is 1.56. The summed E-state index contributed by atoms with van der Waals surface area (Å²) in [5.74, 6) is -0.470. The molecule has 0 heterocycles. The number of rotatable bonds is 11. The molecule has 0 rings (SSSR count). The summed E-state index contributed by atoms with van der Waals surface area (Å²) in [5, 5.41) is 2.48. The van der Waals surface area contributed by atoms with Gasteiger partial charge in [-0.2, -0.15) is 0 Å². The van der Waals surface area contributed by atoms with Crippen LogP contribution in [0.25, 0.3) is 0 Å². The molecule has 0 saturated carbocycles. The molecule has 1 amide bonds. The van der Waals surface area contributed by atoms with E-state index in [-0.39, 0.29) is 19.8 Å². The van der Waals surface area contributed by atoms with Crippen LogP contribution in [-0.4, -0.2) is 53.1 Å². The van der Waals surface area contributed by atoms with Crippen LogP contribution in [-0.2, 0) is 19.0 Å². The molecule has 1 N–H and O–H groups in total. The van der Waals surface area contributed by atoms with Crippen molar-refractivity contribution in [1.29, 1.82) is 0 Å². The van der Waals surface area contributed by atoms with Crippen LogP contribution in [0.5, 0.6) is 0 Å². The Morgan fingerprint density at radius 2 is 1.73 bits per heavy atom. The maximum atomic E-state index is 11.3. The van der Waals surface area contributed by atoms with Crippen molar-refractivity contribution in [1.82, 2.24) is 5.32 Å². The quantitative estimate of drug-likeness (QED) is 0.272. The Balaban J connectivity index is 3.40. The standard InChI is InChI=1S/C15H30NO5Si/c1-13(2)14(17)20-9-7-16-15(18)21-11-10-19-8-6-12-22(3,4)5/h22H,1,6-12H2,2-5H3,(H,16,18)/q-1. The average Bonchev–Trinajstić information content (AvgIpc) is 2.40. The molecule has 0 aliphatic heterocycles. The van der Waals surface area contributed by atoms with E-state index in [1.807, 2.05) is 0 Å². The van der Waals surface area contributed by atoms with Crippen LogP contribution in [0.3, 0.4) is 0 Å². The van der Waals surface area contributed by atoms with E-state index >= 15 is 0 Å². The van der Waals surface area contributed by atoms with E-state index in [1.54, 1.807) is 6.92 Å². The van der Waals surface area contributed by atoms with Gasteiger partial charge in [0.25, 0.3) is 0 Å². The van der Waals surface area contributed by atoms with E-state index in [2.05, 4.69) is 31.5 Å². The Hall–Kier alpha value is -1.34. The van der Waals surface area contributed by atoms with Gasteiger partial charge in [-0.25, -0.2) is 4.79 Å². The molecule has 0 aromatic rings. The second-order valence-electron chi connectivity index (χ2n) is 6.69. The van der Waals surface area contributed by atoms with Gasteiger partial charge in [-0.3, -0.25) is 0 Å². The van der Waals surface area contributed by atoms with Gasteiger partial charge in [0.2, 0.25) is 0 Å². The first-order chi connectivity index (χ1) is 10.2. The summed E-state index contributed by atoms with van der Waals surface area (Å²) in [5.41, 5.74) is 0.328. The number of alkyl carbamates (subject to hydrolysis) is 1. The topological polar surface area (TPSA) is 73.9 Å². The molecule has 130 valence electrons. The molecule has 0 aliphatic rings. The molecule has 0 unspecified atom stereocenters. The first-order valence-corrected chi connectivity index (χ1v) is 12.1. The minimum atomic E-state index is -1.26.